The maximum Gasteiger partial charge on any atom is 0.359 e. The van der Waals surface area contributed by atoms with Gasteiger partial charge in [-0.15, -0.1) is 0 Å². The van der Waals surface area contributed by atoms with E-state index >= 15 is 0 Å². The van der Waals surface area contributed by atoms with Crippen LogP contribution in [0.25, 0.3) is 10.8 Å². The summed E-state index contributed by atoms with van der Waals surface area (Å²) in [4.78, 5) is 37.0. The molecule has 7 nitrogen and oxygen atoms in total. The number of nitrogens with one attached hydrogen (secondary N) is 1. The first-order valence-corrected chi connectivity index (χ1v) is 9.06. The van der Waals surface area contributed by atoms with Crippen LogP contribution < -0.4 is 10.9 Å². The summed E-state index contributed by atoms with van der Waals surface area (Å²) in [6, 6.07) is 12.0. The van der Waals surface area contributed by atoms with Gasteiger partial charge in [-0.1, -0.05) is 30.3 Å². The van der Waals surface area contributed by atoms with Crippen molar-refractivity contribution in [3.63, 3.8) is 0 Å². The summed E-state index contributed by atoms with van der Waals surface area (Å²) in [7, 11) is 0. The first-order chi connectivity index (χ1) is 13.9. The Morgan fingerprint density at radius 1 is 1.10 bits per heavy atom. The highest BCUT2D eigenvalue weighted by Gasteiger charge is 2.19. The van der Waals surface area contributed by atoms with Crippen molar-refractivity contribution in [3.8, 4) is 0 Å². The van der Waals surface area contributed by atoms with E-state index in [1.807, 2.05) is 0 Å². The molecule has 8 heteroatoms. The third-order valence-corrected chi connectivity index (χ3v) is 4.25. The summed E-state index contributed by atoms with van der Waals surface area (Å²) in [5.41, 5.74) is 0.382. The van der Waals surface area contributed by atoms with E-state index in [-0.39, 0.29) is 29.7 Å². The molecule has 0 aliphatic carbocycles. The molecule has 0 unspecified atom stereocenters. The van der Waals surface area contributed by atoms with Crippen LogP contribution >= 0.6 is 0 Å². The number of benzene rings is 2. The monoisotopic (exact) mass is 397 g/mol. The molecule has 0 saturated carbocycles. The minimum atomic E-state index is -0.799. The predicted molar refractivity (Wildman–Crippen MR) is 105 cm³/mol. The van der Waals surface area contributed by atoms with Crippen LogP contribution in [0, 0.1) is 5.82 Å². The van der Waals surface area contributed by atoms with Gasteiger partial charge in [-0.2, -0.15) is 5.10 Å². The van der Waals surface area contributed by atoms with Gasteiger partial charge in [0.1, 0.15) is 5.82 Å². The zero-order chi connectivity index (χ0) is 21.0. The van der Waals surface area contributed by atoms with Gasteiger partial charge in [0.05, 0.1) is 11.4 Å². The molecule has 0 saturated heterocycles. The normalized spacial score (nSPS) is 10.9. The van der Waals surface area contributed by atoms with Crippen LogP contribution in [-0.4, -0.2) is 28.3 Å². The summed E-state index contributed by atoms with van der Waals surface area (Å²) >= 11 is 0. The number of carbonyl (C=O) groups excluding carboxylic acids is 2. The fraction of sp³-hybridized carbons (Fsp3) is 0.238. The zero-order valence-corrected chi connectivity index (χ0v) is 16.0. The van der Waals surface area contributed by atoms with Crippen LogP contribution in [-0.2, 0) is 16.1 Å². The number of hydrogen-bond donors (Lipinski definition) is 1. The first kappa shape index (κ1) is 20.2. The van der Waals surface area contributed by atoms with Crippen molar-refractivity contribution in [2.24, 2.45) is 0 Å². The molecule has 1 amide bonds. The maximum absolute atomic E-state index is 12.9. The number of ether oxygens (including phenoxy) is 1. The third kappa shape index (κ3) is 4.66. The zero-order valence-electron chi connectivity index (χ0n) is 16.0. The predicted octanol–water partition coefficient (Wildman–Crippen LogP) is 2.59. The topological polar surface area (TPSA) is 90.3 Å². The molecule has 2 aromatic carbocycles. The number of halogens is 1. The van der Waals surface area contributed by atoms with E-state index < -0.39 is 18.5 Å². The van der Waals surface area contributed by atoms with Gasteiger partial charge in [-0.25, -0.2) is 13.9 Å². The van der Waals surface area contributed by atoms with Crippen molar-refractivity contribution >= 4 is 22.6 Å². The second kappa shape index (κ2) is 8.64. The molecule has 0 aliphatic rings. The van der Waals surface area contributed by atoms with E-state index in [9.17, 15) is 18.8 Å². The molecule has 1 heterocycles. The number of nitrogens with zero attached hydrogens (tertiary/aromatic N) is 2. The van der Waals surface area contributed by atoms with Crippen LogP contribution in [0.2, 0.25) is 0 Å². The van der Waals surface area contributed by atoms with E-state index in [1.165, 1.54) is 16.8 Å². The summed E-state index contributed by atoms with van der Waals surface area (Å²) in [5.74, 6) is -1.67. The Kier molecular flexibility index (Phi) is 6.01. The number of hydrogen-bond acceptors (Lipinski definition) is 5. The van der Waals surface area contributed by atoms with Crippen molar-refractivity contribution < 1.29 is 18.7 Å². The molecule has 29 heavy (non-hydrogen) atoms. The highest BCUT2D eigenvalue weighted by atomic mass is 19.1. The summed E-state index contributed by atoms with van der Waals surface area (Å²) in [5, 5.41) is 7.45. The Hall–Kier alpha value is -3.55. The minimum Gasteiger partial charge on any atom is -0.451 e. The quantitative estimate of drug-likeness (QED) is 0.646. The van der Waals surface area contributed by atoms with Crippen LogP contribution in [0.1, 0.15) is 35.9 Å². The lowest BCUT2D eigenvalue weighted by Crippen LogP contribution is -2.30. The molecule has 1 N–H and O–H groups in total. The summed E-state index contributed by atoms with van der Waals surface area (Å²) in [6.45, 7) is 3.23. The summed E-state index contributed by atoms with van der Waals surface area (Å²) < 4.78 is 19.2. The van der Waals surface area contributed by atoms with Gasteiger partial charge in [0.15, 0.2) is 12.3 Å². The fourth-order valence-electron chi connectivity index (χ4n) is 2.76. The molecule has 0 radical (unpaired) electrons. The highest BCUT2D eigenvalue weighted by molar-refractivity contribution is 6.02. The molecule has 150 valence electrons. The van der Waals surface area contributed by atoms with Gasteiger partial charge in [0.25, 0.3) is 11.5 Å². The van der Waals surface area contributed by atoms with Gasteiger partial charge >= 0.3 is 5.97 Å². The minimum absolute atomic E-state index is 0.0276. The average molecular weight is 397 g/mol. The molecule has 1 aromatic heterocycles. The van der Waals surface area contributed by atoms with Crippen LogP contribution in [0.4, 0.5) is 4.39 Å². The highest BCUT2D eigenvalue weighted by Crippen LogP contribution is 2.15. The van der Waals surface area contributed by atoms with Crippen molar-refractivity contribution in [2.45, 2.75) is 26.4 Å². The molecule has 0 bridgehead atoms. The molecule has 3 aromatic rings. The Balaban J connectivity index is 1.71. The van der Waals surface area contributed by atoms with Crippen LogP contribution in [0.15, 0.2) is 53.3 Å². The van der Waals surface area contributed by atoms with Gasteiger partial charge in [-0.3, -0.25) is 9.59 Å². The second-order valence-corrected chi connectivity index (χ2v) is 6.72. The summed E-state index contributed by atoms with van der Waals surface area (Å²) in [6.07, 6.45) is 0. The Morgan fingerprint density at radius 2 is 1.76 bits per heavy atom. The van der Waals surface area contributed by atoms with Gasteiger partial charge in [-0.05, 0) is 37.6 Å². The molecule has 0 aliphatic heterocycles. The third-order valence-electron chi connectivity index (χ3n) is 4.25. The smallest absolute Gasteiger partial charge is 0.359 e. The number of esters is 1. The molecule has 0 atom stereocenters. The van der Waals surface area contributed by atoms with Crippen molar-refractivity contribution in [1.29, 1.82) is 0 Å². The van der Waals surface area contributed by atoms with Crippen molar-refractivity contribution in [2.75, 3.05) is 6.61 Å². The number of fused-ring (bicyclic) bond motifs is 1. The van der Waals surface area contributed by atoms with Crippen molar-refractivity contribution in [3.05, 3.63) is 76.0 Å². The SMILES string of the molecule is CC(C)n1nc(C(=O)OCC(=O)NCc2ccc(F)cc2)c2ccccc2c1=O. The largest absolute Gasteiger partial charge is 0.451 e. The maximum atomic E-state index is 12.9. The van der Waals surface area contributed by atoms with E-state index in [0.29, 0.717) is 16.3 Å². The standard InChI is InChI=1S/C21H20FN3O4/c1-13(2)25-20(27)17-6-4-3-5-16(17)19(24-25)21(28)29-12-18(26)23-11-14-7-9-15(22)10-8-14/h3-10,13H,11-12H2,1-2H3,(H,23,26). The lowest BCUT2D eigenvalue weighted by atomic mass is 10.1. The lowest BCUT2D eigenvalue weighted by molar-refractivity contribution is -0.124. The Labute approximate surface area is 166 Å². The molecule has 0 spiro atoms. The van der Waals surface area contributed by atoms with Gasteiger partial charge in [0.2, 0.25) is 0 Å². The van der Waals surface area contributed by atoms with E-state index in [1.54, 1.807) is 50.2 Å². The fourth-order valence-corrected chi connectivity index (χ4v) is 2.76. The molecule has 0 fully saturated rings. The molecular formula is C21H20FN3O4. The van der Waals surface area contributed by atoms with Gasteiger partial charge < -0.3 is 10.1 Å². The average Bonchev–Trinajstić information content (AvgIpc) is 2.71. The van der Waals surface area contributed by atoms with E-state index in [4.69, 9.17) is 4.74 Å². The van der Waals surface area contributed by atoms with Crippen molar-refractivity contribution in [1.82, 2.24) is 15.1 Å². The van der Waals surface area contributed by atoms with Crippen LogP contribution in [0.5, 0.6) is 0 Å². The number of carbonyl (C=O) groups is 2. The van der Waals surface area contributed by atoms with Gasteiger partial charge in [0, 0.05) is 11.9 Å². The second-order valence-electron chi connectivity index (χ2n) is 6.72. The molecule has 3 rings (SSSR count). The number of amides is 1. The van der Waals surface area contributed by atoms with E-state index in [0.717, 1.165) is 0 Å². The molecular weight excluding hydrogens is 377 g/mol. The lowest BCUT2D eigenvalue weighted by Gasteiger charge is -2.13. The van der Waals surface area contributed by atoms with E-state index in [2.05, 4.69) is 10.4 Å². The Morgan fingerprint density at radius 3 is 2.41 bits per heavy atom. The van der Waals surface area contributed by atoms with Crippen LogP contribution in [0.3, 0.4) is 0 Å². The Bertz CT molecular complexity index is 1110. The first-order valence-electron chi connectivity index (χ1n) is 9.06. The number of rotatable bonds is 6. The number of aromatic nitrogens is 2.